The van der Waals surface area contributed by atoms with E-state index >= 15 is 0 Å². The molecule has 0 amide bonds. The largest absolute Gasteiger partial charge is 0.486 e. The van der Waals surface area contributed by atoms with Crippen molar-refractivity contribution < 1.29 is 116 Å². The standard InChI is InChI=1S/C21H19N2O.C20H17N2O.2C18H13N2O.4C11H8N.4Ir/c1-13-8-10-17(22-12-13)16-7-5-6-14-15-9-11-18(21(2,3)4)23-20(15)24-19(14)16;1-12(2)17-10-8-15-14-5-4-6-16(19(14)23-20(15)22-17)18-9-7-13(3)11-21-18;2*1-11-6-9-16(19-10-11)15-5-3-4-13-14-8-7-12(2)20-18(14)21-17(13)15;4*1-2-6-10(7-3-1)11-8-4-5-9-12-11;;;;/h5-6,8-12H,1-4H3;4-5,7-12H,1-3H3;2*3-4,6-10H,1-2H3;4*1-6,8-9H;;;;/q8*-1;;;;/i1D3;1D3,3D3,12D;1D3;;;;;;;;;. The Bertz CT molecular complexity index is 8250. The third kappa shape index (κ3) is 25.9. The molecule has 1 atom stereocenters. The number of benzene rings is 8. The number of nitrogens with zero attached hydrogens (tertiary/aromatic N) is 12. The molecule has 0 spiro atoms. The Balaban J connectivity index is 0.000000149. The molecule has 141 heavy (non-hydrogen) atoms. The summed E-state index contributed by atoms with van der Waals surface area (Å²) in [5.74, 6) is -1.89. The Hall–Kier alpha value is -14.6. The maximum atomic E-state index is 8.25. The van der Waals surface area contributed by atoms with Gasteiger partial charge in [0.05, 0.1) is 22.3 Å². The van der Waals surface area contributed by atoms with Gasteiger partial charge in [-0.2, -0.15) is 0 Å². The molecule has 0 fully saturated rings. The Morgan fingerprint density at radius 1 is 0.270 bits per heavy atom. The van der Waals surface area contributed by atoms with Gasteiger partial charge in [0.25, 0.3) is 0 Å². The number of hydrogen-bond acceptors (Lipinski definition) is 16. The summed E-state index contributed by atoms with van der Waals surface area (Å²) in [6, 6.07) is 124. The molecule has 0 bridgehead atoms. The summed E-state index contributed by atoms with van der Waals surface area (Å²) in [7, 11) is 0. The Morgan fingerprint density at radius 2 is 0.560 bits per heavy atom. The molecule has 706 valence electrons. The van der Waals surface area contributed by atoms with Crippen LogP contribution in [0, 0.1) is 89.9 Å². The summed E-state index contributed by atoms with van der Waals surface area (Å²) in [5, 5.41) is 7.23. The zero-order chi connectivity index (χ0) is 105. The van der Waals surface area contributed by atoms with Gasteiger partial charge in [-0.15, -0.1) is 216 Å². The Morgan fingerprint density at radius 3 is 0.830 bits per heavy atom. The van der Waals surface area contributed by atoms with Gasteiger partial charge in [0.1, 0.15) is 0 Å². The van der Waals surface area contributed by atoms with E-state index in [2.05, 4.69) is 135 Å². The van der Waals surface area contributed by atoms with Crippen molar-refractivity contribution in [2.24, 2.45) is 0 Å². The molecule has 20 heteroatoms. The van der Waals surface area contributed by atoms with Gasteiger partial charge in [0, 0.05) is 198 Å². The molecule has 0 aliphatic carbocycles. The summed E-state index contributed by atoms with van der Waals surface area (Å²) in [6.07, 6.45) is 13.1. The van der Waals surface area contributed by atoms with Gasteiger partial charge in [-0.3, -0.25) is 0 Å². The van der Waals surface area contributed by atoms with Crippen LogP contribution in [0.4, 0.5) is 0 Å². The van der Waals surface area contributed by atoms with Crippen LogP contribution in [0.25, 0.3) is 178 Å². The average molecular weight is 2560 g/mol. The van der Waals surface area contributed by atoms with Gasteiger partial charge in [0.15, 0.2) is 0 Å². The first-order valence-corrected chi connectivity index (χ1v) is 43.8. The number of rotatable bonds is 9. The number of aryl methyl sites for hydroxylation is 6. The van der Waals surface area contributed by atoms with Crippen LogP contribution in [0.15, 0.2) is 383 Å². The van der Waals surface area contributed by atoms with Crippen molar-refractivity contribution in [1.29, 1.82) is 0 Å². The van der Waals surface area contributed by atoms with E-state index in [1.165, 1.54) is 37.6 Å². The van der Waals surface area contributed by atoms with E-state index in [0.29, 0.717) is 73.0 Å². The first-order valence-electron chi connectivity index (χ1n) is 50.3. The molecule has 0 saturated heterocycles. The fourth-order valence-corrected chi connectivity index (χ4v) is 14.6. The number of fused-ring (bicyclic) bond motifs is 12. The first-order chi connectivity index (χ1) is 72.1. The number of hydrogen-bond donors (Lipinski definition) is 0. The first kappa shape index (κ1) is 86.7. The van der Waals surface area contributed by atoms with Crippen LogP contribution < -0.4 is 0 Å². The van der Waals surface area contributed by atoms with Gasteiger partial charge in [0.2, 0.25) is 22.9 Å². The summed E-state index contributed by atoms with van der Waals surface area (Å²) >= 11 is 0. The van der Waals surface area contributed by atoms with Crippen LogP contribution in [0.2, 0.25) is 0 Å². The van der Waals surface area contributed by atoms with Crippen LogP contribution in [-0.2, 0) is 85.8 Å². The maximum absolute atomic E-state index is 8.25. The van der Waals surface area contributed by atoms with Gasteiger partial charge >= 0.3 is 0 Å². The van der Waals surface area contributed by atoms with Gasteiger partial charge in [-0.1, -0.05) is 175 Å². The normalized spacial score (nSPS) is 12.8. The maximum Gasteiger partial charge on any atom is 0.216 e. The van der Waals surface area contributed by atoms with Gasteiger partial charge < -0.3 is 57.5 Å². The molecule has 4 radical (unpaired) electrons. The fraction of sp³-hybridized carbons (Fsp3) is 0.107. The summed E-state index contributed by atoms with van der Waals surface area (Å²) in [6.45, 7) is 4.39. The van der Waals surface area contributed by atoms with Crippen LogP contribution in [0.1, 0.15) is 103 Å². The molecule has 16 nitrogen and oxygen atoms in total. The monoisotopic (exact) mass is 2560 g/mol. The van der Waals surface area contributed by atoms with E-state index in [9.17, 15) is 0 Å². The van der Waals surface area contributed by atoms with E-state index in [0.717, 1.165) is 122 Å². The Kier molecular flexibility index (Phi) is 30.3. The van der Waals surface area contributed by atoms with Crippen LogP contribution >= 0.6 is 0 Å². The van der Waals surface area contributed by atoms with Crippen LogP contribution in [0.3, 0.4) is 0 Å². The molecule has 0 aliphatic rings. The molecule has 1 unspecified atom stereocenters. The third-order valence-electron chi connectivity index (χ3n) is 21.5. The van der Waals surface area contributed by atoms with E-state index in [4.69, 9.17) is 35.5 Å². The zero-order valence-electron chi connectivity index (χ0n) is 90.0. The minimum Gasteiger partial charge on any atom is -0.486 e. The summed E-state index contributed by atoms with van der Waals surface area (Å²) < 4.78 is 122. The molecule has 0 N–H and O–H groups in total. The third-order valence-corrected chi connectivity index (χ3v) is 21.5. The van der Waals surface area contributed by atoms with Crippen molar-refractivity contribution in [3.05, 3.63) is 459 Å². The summed E-state index contributed by atoms with van der Waals surface area (Å²) in [4.78, 5) is 52.1. The van der Waals surface area contributed by atoms with Crippen molar-refractivity contribution in [2.75, 3.05) is 0 Å². The zero-order valence-corrected chi connectivity index (χ0v) is 86.6. The summed E-state index contributed by atoms with van der Waals surface area (Å²) in [5.41, 5.74) is 22.5. The molecule has 24 aromatic rings. The van der Waals surface area contributed by atoms with E-state index in [1.54, 1.807) is 73.3 Å². The molecule has 0 saturated carbocycles. The molecule has 16 aromatic heterocycles. The van der Waals surface area contributed by atoms with Crippen molar-refractivity contribution in [3.8, 4) is 90.1 Å². The van der Waals surface area contributed by atoms with E-state index in [1.807, 2.05) is 276 Å². The van der Waals surface area contributed by atoms with Gasteiger partial charge in [-0.25, -0.2) is 19.9 Å². The molecule has 24 rings (SSSR count). The predicted octanol–water partition coefficient (Wildman–Crippen LogP) is 29.8. The van der Waals surface area contributed by atoms with E-state index < -0.39 is 33.3 Å². The second-order valence-corrected chi connectivity index (χ2v) is 32.4. The molecular formula is C121H94Ir4N12O4-8. The molecule has 16 heterocycles. The molecular weight excluding hydrogens is 2450 g/mol. The fourth-order valence-electron chi connectivity index (χ4n) is 14.6. The minimum atomic E-state index is -2.55. The second kappa shape index (κ2) is 49.3. The number of aromatic nitrogens is 12. The second-order valence-electron chi connectivity index (χ2n) is 32.4. The molecule has 8 aromatic carbocycles. The smallest absolute Gasteiger partial charge is 0.216 e. The van der Waals surface area contributed by atoms with Crippen LogP contribution in [-0.4, -0.2) is 59.8 Å². The number of furan rings is 4. The number of pyridine rings is 12. The van der Waals surface area contributed by atoms with Crippen molar-refractivity contribution in [2.45, 2.75) is 87.2 Å². The quantitative estimate of drug-likeness (QED) is 0.123. The molecule has 0 aliphatic heterocycles. The minimum absolute atomic E-state index is 0. The predicted molar refractivity (Wildman–Crippen MR) is 550 cm³/mol. The topological polar surface area (TPSA) is 207 Å². The van der Waals surface area contributed by atoms with Crippen molar-refractivity contribution in [1.82, 2.24) is 59.8 Å². The van der Waals surface area contributed by atoms with Gasteiger partial charge in [-0.05, 0) is 188 Å². The average Bonchev–Trinajstić information content (AvgIpc) is 1.67. The van der Waals surface area contributed by atoms with Crippen molar-refractivity contribution >= 4 is 88.3 Å². The van der Waals surface area contributed by atoms with Crippen LogP contribution in [0.5, 0.6) is 0 Å². The van der Waals surface area contributed by atoms with E-state index in [-0.39, 0.29) is 114 Å². The van der Waals surface area contributed by atoms with Crippen molar-refractivity contribution in [3.63, 3.8) is 0 Å². The Labute approximate surface area is 893 Å². The SMILES string of the molecule is Cc1ccc(-c2[c-]ccc3c2oc2nc(C)ccc23)nc1.[2H]C([2H])([2H])c1ccc(-c2[c-]ccc3c2oc2nc(C(C)(C)C)ccc23)nc1.[2H]C([2H])([2H])c1ccc(-c2[c-]ccc3c2oc2nc(C([2H])(C)C([2H])([2H])[2H])ccc23)nc1.[2H]C([2H])([2H])c1ccc(-c2[c-]ccc3c2oc2nc(C)ccc23)nc1.[Ir].[Ir].[Ir].[Ir].[c-]1ccccc1-c1ccccn1.[c-]1ccccc1-c1ccccn1.[c-]1ccccc1-c1ccccn1.[c-]1ccccc1-c1ccccn1.